The van der Waals surface area contributed by atoms with E-state index in [-0.39, 0.29) is 11.7 Å². The van der Waals surface area contributed by atoms with Crippen LogP contribution in [0.5, 0.6) is 0 Å². The monoisotopic (exact) mass is 401 g/mol. The van der Waals surface area contributed by atoms with E-state index in [9.17, 15) is 4.79 Å². The maximum atomic E-state index is 12.0. The van der Waals surface area contributed by atoms with Gasteiger partial charge in [0, 0.05) is 16.4 Å². The minimum absolute atomic E-state index is 0.176. The molecule has 0 saturated heterocycles. The topological polar surface area (TPSA) is 90.7 Å². The molecule has 1 aromatic heterocycles. The largest absolute Gasteiger partial charge is 0.330 e. The van der Waals surface area contributed by atoms with Crippen molar-refractivity contribution >= 4 is 57.1 Å². The van der Waals surface area contributed by atoms with Crippen molar-refractivity contribution in [2.45, 2.75) is 4.34 Å². The van der Waals surface area contributed by atoms with E-state index in [1.54, 1.807) is 36.4 Å². The van der Waals surface area contributed by atoms with Gasteiger partial charge in [0.2, 0.25) is 11.0 Å². The number of hydrogen-bond donors (Lipinski definition) is 2. The SMILES string of the molecule is N#Cc1cccc(NC(=O)CSc2nnc(Nc3cccc(Cl)c3)s2)c1. The second-order valence-corrected chi connectivity index (χ2v) is 7.67. The highest BCUT2D eigenvalue weighted by atomic mass is 35.5. The van der Waals surface area contributed by atoms with Gasteiger partial charge in [-0.1, -0.05) is 46.8 Å². The van der Waals surface area contributed by atoms with Gasteiger partial charge in [-0.05, 0) is 36.4 Å². The lowest BCUT2D eigenvalue weighted by molar-refractivity contribution is -0.113. The molecule has 2 aromatic carbocycles. The van der Waals surface area contributed by atoms with Gasteiger partial charge in [-0.15, -0.1) is 10.2 Å². The predicted molar refractivity (Wildman–Crippen MR) is 105 cm³/mol. The van der Waals surface area contributed by atoms with Crippen molar-refractivity contribution in [3.05, 3.63) is 59.1 Å². The molecule has 2 N–H and O–H groups in total. The number of hydrogen-bond acceptors (Lipinski definition) is 7. The Hall–Kier alpha value is -2.60. The quantitative estimate of drug-likeness (QED) is 0.589. The number of aromatic nitrogens is 2. The number of carbonyl (C=O) groups excluding carboxylic acids is 1. The van der Waals surface area contributed by atoms with Crippen molar-refractivity contribution < 1.29 is 4.79 Å². The van der Waals surface area contributed by atoms with E-state index >= 15 is 0 Å². The summed E-state index contributed by atoms with van der Waals surface area (Å²) in [5.41, 5.74) is 1.91. The van der Waals surface area contributed by atoms with E-state index in [4.69, 9.17) is 16.9 Å². The van der Waals surface area contributed by atoms with E-state index in [0.717, 1.165) is 5.69 Å². The lowest BCUT2D eigenvalue weighted by Gasteiger charge is -2.04. The molecule has 0 bridgehead atoms. The molecule has 1 heterocycles. The Balaban J connectivity index is 1.52. The summed E-state index contributed by atoms with van der Waals surface area (Å²) in [6.45, 7) is 0. The van der Waals surface area contributed by atoms with Gasteiger partial charge in [-0.25, -0.2) is 0 Å². The molecular formula is C17H12ClN5OS2. The molecule has 1 amide bonds. The Bertz CT molecular complexity index is 970. The molecule has 9 heteroatoms. The van der Waals surface area contributed by atoms with Crippen LogP contribution in [-0.2, 0) is 4.79 Å². The average Bonchev–Trinajstić information content (AvgIpc) is 3.07. The van der Waals surface area contributed by atoms with Crippen LogP contribution in [0.1, 0.15) is 5.56 Å². The second-order valence-electron chi connectivity index (χ2n) is 5.04. The second kappa shape index (κ2) is 8.67. The molecule has 130 valence electrons. The number of nitriles is 1. The lowest BCUT2D eigenvalue weighted by Crippen LogP contribution is -2.13. The zero-order chi connectivity index (χ0) is 18.4. The molecular weight excluding hydrogens is 390 g/mol. The number of anilines is 3. The van der Waals surface area contributed by atoms with E-state index in [2.05, 4.69) is 20.8 Å². The molecule has 0 atom stereocenters. The number of thioether (sulfide) groups is 1. The molecule has 0 aliphatic heterocycles. The van der Waals surface area contributed by atoms with Gasteiger partial charge in [-0.2, -0.15) is 5.26 Å². The average molecular weight is 402 g/mol. The van der Waals surface area contributed by atoms with Gasteiger partial charge in [0.05, 0.1) is 17.4 Å². The molecule has 0 aliphatic carbocycles. The van der Waals surface area contributed by atoms with Crippen LogP contribution < -0.4 is 10.6 Å². The van der Waals surface area contributed by atoms with Crippen LogP contribution in [0.3, 0.4) is 0 Å². The summed E-state index contributed by atoms with van der Waals surface area (Å²) in [5.74, 6) is 0.0207. The summed E-state index contributed by atoms with van der Waals surface area (Å²) in [5, 5.41) is 24.1. The van der Waals surface area contributed by atoms with Crippen molar-refractivity contribution in [2.24, 2.45) is 0 Å². The summed E-state index contributed by atoms with van der Waals surface area (Å²) in [6, 6.07) is 16.1. The third kappa shape index (κ3) is 5.20. The van der Waals surface area contributed by atoms with E-state index < -0.39 is 0 Å². The minimum atomic E-state index is -0.176. The maximum Gasteiger partial charge on any atom is 0.234 e. The van der Waals surface area contributed by atoms with Crippen LogP contribution in [0.4, 0.5) is 16.5 Å². The van der Waals surface area contributed by atoms with Crippen molar-refractivity contribution in [1.29, 1.82) is 5.26 Å². The van der Waals surface area contributed by atoms with Gasteiger partial charge in [0.1, 0.15) is 0 Å². The van der Waals surface area contributed by atoms with E-state index in [0.29, 0.717) is 25.7 Å². The highest BCUT2D eigenvalue weighted by Gasteiger charge is 2.09. The molecule has 3 aromatic rings. The Labute approximate surface area is 163 Å². The molecule has 0 saturated carbocycles. The Morgan fingerprint density at radius 1 is 1.19 bits per heavy atom. The summed E-state index contributed by atoms with van der Waals surface area (Å²) in [6.07, 6.45) is 0. The summed E-state index contributed by atoms with van der Waals surface area (Å²) < 4.78 is 0.676. The van der Waals surface area contributed by atoms with Crippen molar-refractivity contribution in [3.8, 4) is 6.07 Å². The molecule has 6 nitrogen and oxygen atoms in total. The molecule has 0 fully saturated rings. The number of nitrogens with zero attached hydrogens (tertiary/aromatic N) is 3. The van der Waals surface area contributed by atoms with Crippen LogP contribution >= 0.6 is 34.7 Å². The molecule has 0 spiro atoms. The minimum Gasteiger partial charge on any atom is -0.330 e. The molecule has 0 aliphatic rings. The fraction of sp³-hybridized carbons (Fsp3) is 0.0588. The first-order valence-electron chi connectivity index (χ1n) is 7.41. The van der Waals surface area contributed by atoms with Gasteiger partial charge in [0.15, 0.2) is 4.34 Å². The van der Waals surface area contributed by atoms with Crippen molar-refractivity contribution in [1.82, 2.24) is 10.2 Å². The smallest absolute Gasteiger partial charge is 0.234 e. The first-order valence-corrected chi connectivity index (χ1v) is 9.59. The Kier molecular flexibility index (Phi) is 6.07. The highest BCUT2D eigenvalue weighted by molar-refractivity contribution is 8.01. The third-order valence-electron chi connectivity index (χ3n) is 3.08. The first kappa shape index (κ1) is 18.2. The van der Waals surface area contributed by atoms with Crippen LogP contribution in [0.25, 0.3) is 0 Å². The van der Waals surface area contributed by atoms with Crippen LogP contribution in [0.2, 0.25) is 5.02 Å². The zero-order valence-corrected chi connectivity index (χ0v) is 15.7. The Morgan fingerprint density at radius 3 is 2.81 bits per heavy atom. The van der Waals surface area contributed by atoms with Gasteiger partial charge >= 0.3 is 0 Å². The van der Waals surface area contributed by atoms with Crippen LogP contribution in [0, 0.1) is 11.3 Å². The van der Waals surface area contributed by atoms with E-state index in [1.165, 1.54) is 23.1 Å². The predicted octanol–water partition coefficient (Wildman–Crippen LogP) is 4.54. The van der Waals surface area contributed by atoms with Gasteiger partial charge < -0.3 is 10.6 Å². The number of carbonyl (C=O) groups is 1. The molecule has 3 rings (SSSR count). The fourth-order valence-electron chi connectivity index (χ4n) is 2.00. The van der Waals surface area contributed by atoms with Crippen molar-refractivity contribution in [3.63, 3.8) is 0 Å². The number of amides is 1. The lowest BCUT2D eigenvalue weighted by atomic mass is 10.2. The number of halogens is 1. The number of rotatable bonds is 6. The third-order valence-corrected chi connectivity index (χ3v) is 5.29. The zero-order valence-electron chi connectivity index (χ0n) is 13.3. The first-order chi connectivity index (χ1) is 12.6. The molecule has 0 radical (unpaired) electrons. The number of benzene rings is 2. The fourth-order valence-corrected chi connectivity index (χ4v) is 3.76. The number of nitrogens with one attached hydrogen (secondary N) is 2. The van der Waals surface area contributed by atoms with Crippen molar-refractivity contribution in [2.75, 3.05) is 16.4 Å². The maximum absolute atomic E-state index is 12.0. The Morgan fingerprint density at radius 2 is 2.00 bits per heavy atom. The van der Waals surface area contributed by atoms with Crippen LogP contribution in [0.15, 0.2) is 52.9 Å². The highest BCUT2D eigenvalue weighted by Crippen LogP contribution is 2.28. The molecule has 26 heavy (non-hydrogen) atoms. The summed E-state index contributed by atoms with van der Waals surface area (Å²) in [4.78, 5) is 12.0. The van der Waals surface area contributed by atoms with Crippen LogP contribution in [-0.4, -0.2) is 21.9 Å². The molecule has 0 unspecified atom stereocenters. The standard InChI is InChI=1S/C17H12ClN5OS2/c18-12-4-2-6-14(8-12)21-16-22-23-17(26-16)25-10-15(24)20-13-5-1-3-11(7-13)9-19/h1-8H,10H2,(H,20,24)(H,21,22). The summed E-state index contributed by atoms with van der Waals surface area (Å²) in [7, 11) is 0. The summed E-state index contributed by atoms with van der Waals surface area (Å²) >= 11 is 8.59. The van der Waals surface area contributed by atoms with Gasteiger partial charge in [-0.3, -0.25) is 4.79 Å². The normalized spacial score (nSPS) is 10.2. The van der Waals surface area contributed by atoms with E-state index in [1.807, 2.05) is 18.2 Å². The van der Waals surface area contributed by atoms with Gasteiger partial charge in [0.25, 0.3) is 0 Å².